The molecule has 28 heavy (non-hydrogen) atoms. The van der Waals surface area contributed by atoms with Gasteiger partial charge in [0.2, 0.25) is 0 Å². The summed E-state index contributed by atoms with van der Waals surface area (Å²) in [7, 11) is -3.61. The maximum absolute atomic E-state index is 13.4. The van der Waals surface area contributed by atoms with E-state index in [0.717, 1.165) is 0 Å². The number of phenols is 1. The highest BCUT2D eigenvalue weighted by molar-refractivity contribution is 7.95. The van der Waals surface area contributed by atoms with Gasteiger partial charge in [0.25, 0.3) is 0 Å². The number of nitriles is 1. The zero-order valence-corrected chi connectivity index (χ0v) is 15.4. The Morgan fingerprint density at radius 3 is 2.39 bits per heavy atom. The van der Waals surface area contributed by atoms with Crippen molar-refractivity contribution in [3.8, 4) is 11.8 Å². The fourth-order valence-corrected chi connectivity index (χ4v) is 5.60. The summed E-state index contributed by atoms with van der Waals surface area (Å²) in [6.45, 7) is 0. The van der Waals surface area contributed by atoms with E-state index in [4.69, 9.17) is 5.73 Å². The number of anilines is 1. The summed E-state index contributed by atoms with van der Waals surface area (Å²) in [5, 5.41) is 19.4. The molecule has 2 aliphatic heterocycles. The zero-order valence-electron chi connectivity index (χ0n) is 14.6. The highest BCUT2D eigenvalue weighted by atomic mass is 32.2. The van der Waals surface area contributed by atoms with Crippen molar-refractivity contribution in [2.45, 2.75) is 12.3 Å². The monoisotopic (exact) mass is 397 g/mol. The van der Waals surface area contributed by atoms with Crippen LogP contribution < -0.4 is 10.6 Å². The molecule has 2 aromatic carbocycles. The normalized spacial score (nSPS) is 20.9. The van der Waals surface area contributed by atoms with Crippen molar-refractivity contribution in [3.05, 3.63) is 81.9 Å². The van der Waals surface area contributed by atoms with Crippen molar-refractivity contribution in [1.82, 2.24) is 0 Å². The Balaban J connectivity index is 1.98. The summed E-state index contributed by atoms with van der Waals surface area (Å²) >= 11 is 0. The molecule has 8 heteroatoms. The summed E-state index contributed by atoms with van der Waals surface area (Å²) in [5.41, 5.74) is 7.94. The van der Waals surface area contributed by atoms with Crippen LogP contribution in [0.3, 0.4) is 0 Å². The van der Waals surface area contributed by atoms with Crippen LogP contribution in [0.5, 0.6) is 5.75 Å². The third kappa shape index (κ3) is 2.72. The Labute approximate surface area is 161 Å². The fraction of sp³-hybridized carbons (Fsp3) is 0.150. The van der Waals surface area contributed by atoms with Crippen LogP contribution in [0.25, 0.3) is 0 Å². The standard InChI is InChI=1S/C20H16FN3O3S/c21-13-3-5-14(6-4-13)24-17-9-10-28(26,27)19(17)18(16(11-22)20(24)23)12-1-7-15(25)8-2-12/h1-8,18,25H,9-10,23H2. The number of benzene rings is 2. The SMILES string of the molecule is N#CC1=C(N)N(c2ccc(F)cc2)C2=C(C1c1ccc(O)cc1)S(=O)(=O)CC2. The third-order valence-electron chi connectivity index (χ3n) is 5.00. The molecular weight excluding hydrogens is 381 g/mol. The molecule has 1 atom stereocenters. The number of hydrogen-bond donors (Lipinski definition) is 2. The van der Waals surface area contributed by atoms with Gasteiger partial charge in [-0.25, -0.2) is 12.8 Å². The number of aromatic hydroxyl groups is 1. The molecule has 2 aliphatic rings. The summed E-state index contributed by atoms with van der Waals surface area (Å²) in [4.78, 5) is 1.66. The first kappa shape index (κ1) is 18.1. The van der Waals surface area contributed by atoms with Crippen molar-refractivity contribution in [2.75, 3.05) is 10.7 Å². The van der Waals surface area contributed by atoms with E-state index in [1.807, 2.05) is 0 Å². The second-order valence-electron chi connectivity index (χ2n) is 6.63. The topological polar surface area (TPSA) is 107 Å². The molecule has 0 amide bonds. The van der Waals surface area contributed by atoms with Gasteiger partial charge in [-0.15, -0.1) is 0 Å². The third-order valence-corrected chi connectivity index (χ3v) is 6.88. The molecule has 4 rings (SSSR count). The van der Waals surface area contributed by atoms with E-state index in [2.05, 4.69) is 6.07 Å². The first-order valence-electron chi connectivity index (χ1n) is 8.53. The molecule has 0 bridgehead atoms. The van der Waals surface area contributed by atoms with Crippen LogP contribution in [0.2, 0.25) is 0 Å². The highest BCUT2D eigenvalue weighted by Gasteiger charge is 2.45. The predicted octanol–water partition coefficient (Wildman–Crippen LogP) is 2.86. The number of hydrogen-bond acceptors (Lipinski definition) is 6. The number of rotatable bonds is 2. The summed E-state index contributed by atoms with van der Waals surface area (Å²) in [6, 6.07) is 13.6. The molecule has 0 saturated heterocycles. The first-order chi connectivity index (χ1) is 13.3. The van der Waals surface area contributed by atoms with Gasteiger partial charge in [-0.1, -0.05) is 12.1 Å². The van der Waals surface area contributed by atoms with Crippen LogP contribution in [0.1, 0.15) is 17.9 Å². The van der Waals surface area contributed by atoms with Gasteiger partial charge in [-0.05, 0) is 42.0 Å². The maximum Gasteiger partial charge on any atom is 0.177 e. The molecule has 1 unspecified atom stereocenters. The Bertz CT molecular complexity index is 1160. The lowest BCUT2D eigenvalue weighted by Gasteiger charge is -2.35. The van der Waals surface area contributed by atoms with E-state index in [9.17, 15) is 23.2 Å². The van der Waals surface area contributed by atoms with Gasteiger partial charge in [0, 0.05) is 17.8 Å². The molecule has 2 heterocycles. The summed E-state index contributed by atoms with van der Waals surface area (Å²) in [6.07, 6.45) is 0.239. The number of nitrogens with zero attached hydrogens (tertiary/aromatic N) is 2. The molecule has 0 saturated carbocycles. The molecule has 3 N–H and O–H groups in total. The van der Waals surface area contributed by atoms with Crippen molar-refractivity contribution in [2.24, 2.45) is 5.73 Å². The molecule has 142 valence electrons. The van der Waals surface area contributed by atoms with Crippen molar-refractivity contribution >= 4 is 15.5 Å². The maximum atomic E-state index is 13.4. The number of nitrogens with two attached hydrogens (primary N) is 1. The number of sulfone groups is 1. The largest absolute Gasteiger partial charge is 0.508 e. The van der Waals surface area contributed by atoms with E-state index in [-0.39, 0.29) is 34.2 Å². The quantitative estimate of drug-likeness (QED) is 0.807. The summed E-state index contributed by atoms with van der Waals surface area (Å²) < 4.78 is 39.1. The van der Waals surface area contributed by atoms with Crippen LogP contribution in [-0.4, -0.2) is 19.3 Å². The number of allylic oxidation sites excluding steroid dienone is 3. The van der Waals surface area contributed by atoms with Crippen molar-refractivity contribution in [1.29, 1.82) is 5.26 Å². The Hall–Kier alpha value is -3.31. The second-order valence-corrected chi connectivity index (χ2v) is 8.70. The van der Waals surface area contributed by atoms with Crippen molar-refractivity contribution in [3.63, 3.8) is 0 Å². The molecule has 0 aliphatic carbocycles. The molecular formula is C20H16FN3O3S. The molecule has 6 nitrogen and oxygen atoms in total. The van der Waals surface area contributed by atoms with Gasteiger partial charge < -0.3 is 10.8 Å². The highest BCUT2D eigenvalue weighted by Crippen LogP contribution is 2.48. The van der Waals surface area contributed by atoms with Crippen LogP contribution >= 0.6 is 0 Å². The van der Waals surface area contributed by atoms with Gasteiger partial charge in [0.15, 0.2) is 9.84 Å². The minimum absolute atomic E-state index is 0.0337. The minimum atomic E-state index is -3.61. The van der Waals surface area contributed by atoms with E-state index in [1.54, 1.807) is 12.1 Å². The Morgan fingerprint density at radius 2 is 1.79 bits per heavy atom. The molecule has 0 aromatic heterocycles. The Kier molecular flexibility index (Phi) is 4.12. The lowest BCUT2D eigenvalue weighted by Crippen LogP contribution is -2.34. The molecule has 0 radical (unpaired) electrons. The lowest BCUT2D eigenvalue weighted by atomic mass is 9.87. The number of halogens is 1. The van der Waals surface area contributed by atoms with Gasteiger partial charge in [-0.3, -0.25) is 4.90 Å². The molecule has 0 spiro atoms. The molecule has 2 aromatic rings. The predicted molar refractivity (Wildman–Crippen MR) is 102 cm³/mol. The smallest absolute Gasteiger partial charge is 0.177 e. The van der Waals surface area contributed by atoms with Crippen LogP contribution in [0, 0.1) is 17.1 Å². The fourth-order valence-electron chi connectivity index (χ4n) is 3.75. The average molecular weight is 397 g/mol. The zero-order chi connectivity index (χ0) is 20.1. The van der Waals surface area contributed by atoms with E-state index >= 15 is 0 Å². The first-order valence-corrected chi connectivity index (χ1v) is 10.2. The van der Waals surface area contributed by atoms with Crippen LogP contribution in [0.15, 0.2) is 70.5 Å². The van der Waals surface area contributed by atoms with E-state index in [1.165, 1.54) is 41.3 Å². The summed E-state index contributed by atoms with van der Waals surface area (Å²) in [5.74, 6) is -1.21. The van der Waals surface area contributed by atoms with Gasteiger partial charge >= 0.3 is 0 Å². The van der Waals surface area contributed by atoms with Crippen LogP contribution in [0.4, 0.5) is 10.1 Å². The van der Waals surface area contributed by atoms with Gasteiger partial charge in [-0.2, -0.15) is 5.26 Å². The van der Waals surface area contributed by atoms with E-state index < -0.39 is 21.6 Å². The van der Waals surface area contributed by atoms with Gasteiger partial charge in [0.1, 0.15) is 17.4 Å². The van der Waals surface area contributed by atoms with Crippen molar-refractivity contribution < 1.29 is 17.9 Å². The number of phenolic OH excluding ortho intramolecular Hbond substituents is 1. The van der Waals surface area contributed by atoms with E-state index in [0.29, 0.717) is 16.9 Å². The lowest BCUT2D eigenvalue weighted by molar-refractivity contribution is 0.475. The second kappa shape index (κ2) is 6.39. The average Bonchev–Trinajstić information content (AvgIpc) is 2.98. The van der Waals surface area contributed by atoms with Gasteiger partial charge in [0.05, 0.1) is 28.2 Å². The van der Waals surface area contributed by atoms with Crippen LogP contribution in [-0.2, 0) is 9.84 Å². The molecule has 0 fully saturated rings. The Morgan fingerprint density at radius 1 is 1.14 bits per heavy atom. The minimum Gasteiger partial charge on any atom is -0.508 e.